The summed E-state index contributed by atoms with van der Waals surface area (Å²) < 4.78 is 6.43. The summed E-state index contributed by atoms with van der Waals surface area (Å²) >= 11 is 3.39. The van der Waals surface area contributed by atoms with Crippen LogP contribution in [-0.4, -0.2) is 37.1 Å². The van der Waals surface area contributed by atoms with Crippen LogP contribution >= 0.6 is 15.9 Å². The van der Waals surface area contributed by atoms with Gasteiger partial charge in [-0.15, -0.1) is 0 Å². The van der Waals surface area contributed by atoms with Crippen LogP contribution in [0.2, 0.25) is 0 Å². The number of carbonyl (C=O) groups excluding carboxylic acids is 1. The van der Waals surface area contributed by atoms with Crippen molar-refractivity contribution in [3.8, 4) is 0 Å². The van der Waals surface area contributed by atoms with Crippen LogP contribution in [0.15, 0.2) is 22.7 Å². The van der Waals surface area contributed by atoms with Crippen molar-refractivity contribution in [1.29, 1.82) is 0 Å². The van der Waals surface area contributed by atoms with E-state index in [1.165, 1.54) is 6.42 Å². The highest BCUT2D eigenvalue weighted by Crippen LogP contribution is 2.22. The molecule has 0 aliphatic carbocycles. The lowest BCUT2D eigenvalue weighted by Gasteiger charge is -2.27. The quantitative estimate of drug-likeness (QED) is 0.869. The van der Waals surface area contributed by atoms with E-state index < -0.39 is 0 Å². The molecule has 1 aromatic carbocycles. The monoisotopic (exact) mass is 326 g/mol. The van der Waals surface area contributed by atoms with Gasteiger partial charge in [-0.05, 0) is 53.4 Å². The molecule has 1 heterocycles. The first-order valence-electron chi connectivity index (χ1n) is 6.50. The number of nitrogen functional groups attached to an aromatic ring is 1. The lowest BCUT2D eigenvalue weighted by atomic mass is 10.1. The number of ether oxygens (including phenoxy) is 1. The van der Waals surface area contributed by atoms with Gasteiger partial charge in [-0.3, -0.25) is 4.79 Å². The van der Waals surface area contributed by atoms with E-state index in [1.54, 1.807) is 30.1 Å². The van der Waals surface area contributed by atoms with Crippen LogP contribution in [-0.2, 0) is 4.74 Å². The first-order valence-corrected chi connectivity index (χ1v) is 7.29. The molecular formula is C14H19BrN2O2. The van der Waals surface area contributed by atoms with E-state index in [4.69, 9.17) is 10.5 Å². The van der Waals surface area contributed by atoms with Crippen molar-refractivity contribution >= 4 is 27.5 Å². The number of benzene rings is 1. The highest BCUT2D eigenvalue weighted by molar-refractivity contribution is 9.10. The van der Waals surface area contributed by atoms with Crippen LogP contribution in [0.3, 0.4) is 0 Å². The molecule has 1 aliphatic rings. The van der Waals surface area contributed by atoms with Gasteiger partial charge in [0.25, 0.3) is 5.91 Å². The fourth-order valence-electron chi connectivity index (χ4n) is 2.25. The predicted octanol–water partition coefficient (Wildman–Crippen LogP) is 2.67. The molecule has 104 valence electrons. The molecule has 0 saturated carbocycles. The number of nitrogens with two attached hydrogens (primary N) is 1. The van der Waals surface area contributed by atoms with Gasteiger partial charge in [0, 0.05) is 30.4 Å². The van der Waals surface area contributed by atoms with Gasteiger partial charge in [0.05, 0.1) is 11.7 Å². The Kier molecular flexibility index (Phi) is 4.82. The molecule has 1 atom stereocenters. The predicted molar refractivity (Wildman–Crippen MR) is 79.1 cm³/mol. The average Bonchev–Trinajstić information content (AvgIpc) is 2.42. The zero-order valence-electron chi connectivity index (χ0n) is 11.1. The zero-order valence-corrected chi connectivity index (χ0v) is 12.6. The van der Waals surface area contributed by atoms with E-state index in [-0.39, 0.29) is 12.0 Å². The minimum atomic E-state index is -0.0339. The summed E-state index contributed by atoms with van der Waals surface area (Å²) in [6, 6.07) is 5.27. The third-order valence-corrected chi connectivity index (χ3v) is 4.01. The van der Waals surface area contributed by atoms with Gasteiger partial charge in [-0.25, -0.2) is 0 Å². The van der Waals surface area contributed by atoms with Crippen molar-refractivity contribution in [2.75, 3.05) is 25.9 Å². The highest BCUT2D eigenvalue weighted by Gasteiger charge is 2.21. The Hall–Kier alpha value is -1.07. The number of amides is 1. The third kappa shape index (κ3) is 3.70. The summed E-state index contributed by atoms with van der Waals surface area (Å²) in [5.74, 6) is -0.0339. The van der Waals surface area contributed by atoms with Crippen LogP contribution in [0, 0.1) is 0 Å². The average molecular weight is 327 g/mol. The molecule has 0 spiro atoms. The van der Waals surface area contributed by atoms with Crippen molar-refractivity contribution in [2.24, 2.45) is 0 Å². The highest BCUT2D eigenvalue weighted by atomic mass is 79.9. The first-order chi connectivity index (χ1) is 9.08. The maximum Gasteiger partial charge on any atom is 0.254 e. The number of hydrogen-bond acceptors (Lipinski definition) is 3. The van der Waals surface area contributed by atoms with Gasteiger partial charge in [0.15, 0.2) is 0 Å². The van der Waals surface area contributed by atoms with Crippen LogP contribution in [0.1, 0.15) is 29.6 Å². The Morgan fingerprint density at radius 3 is 3.00 bits per heavy atom. The molecule has 5 heteroatoms. The van der Waals surface area contributed by atoms with Crippen molar-refractivity contribution in [2.45, 2.75) is 25.4 Å². The summed E-state index contributed by atoms with van der Waals surface area (Å²) in [5.41, 5.74) is 6.92. The summed E-state index contributed by atoms with van der Waals surface area (Å²) in [6.45, 7) is 1.43. The van der Waals surface area contributed by atoms with Crippen molar-refractivity contribution < 1.29 is 9.53 Å². The fourth-order valence-corrected chi connectivity index (χ4v) is 2.67. The molecule has 4 nitrogen and oxygen atoms in total. The van der Waals surface area contributed by atoms with Crippen LogP contribution in [0.25, 0.3) is 0 Å². The zero-order chi connectivity index (χ0) is 13.8. The van der Waals surface area contributed by atoms with Gasteiger partial charge in [-0.1, -0.05) is 0 Å². The van der Waals surface area contributed by atoms with Gasteiger partial charge >= 0.3 is 0 Å². The van der Waals surface area contributed by atoms with Gasteiger partial charge < -0.3 is 15.4 Å². The largest absolute Gasteiger partial charge is 0.399 e. The Morgan fingerprint density at radius 1 is 1.53 bits per heavy atom. The minimum Gasteiger partial charge on any atom is -0.399 e. The smallest absolute Gasteiger partial charge is 0.254 e. The number of carbonyl (C=O) groups is 1. The van der Waals surface area contributed by atoms with E-state index >= 15 is 0 Å². The number of nitrogens with zero attached hydrogens (tertiary/aromatic N) is 1. The Balaban J connectivity index is 2.03. The van der Waals surface area contributed by atoms with Crippen LogP contribution in [0.4, 0.5) is 5.69 Å². The number of rotatable bonds is 3. The van der Waals surface area contributed by atoms with Crippen LogP contribution in [0.5, 0.6) is 0 Å². The second-order valence-electron chi connectivity index (χ2n) is 4.91. The van der Waals surface area contributed by atoms with Crippen molar-refractivity contribution in [3.63, 3.8) is 0 Å². The number of hydrogen-bond donors (Lipinski definition) is 1. The molecule has 0 bridgehead atoms. The normalized spacial score (nSPS) is 19.2. The molecule has 1 saturated heterocycles. The second kappa shape index (κ2) is 6.39. The molecule has 1 amide bonds. The molecule has 2 N–H and O–H groups in total. The van der Waals surface area contributed by atoms with Gasteiger partial charge in [-0.2, -0.15) is 0 Å². The summed E-state index contributed by atoms with van der Waals surface area (Å²) in [6.07, 6.45) is 3.47. The maximum atomic E-state index is 12.4. The number of halogens is 1. The van der Waals surface area contributed by atoms with Crippen molar-refractivity contribution in [1.82, 2.24) is 4.90 Å². The lowest BCUT2D eigenvalue weighted by molar-refractivity contribution is -0.000202. The summed E-state index contributed by atoms with van der Waals surface area (Å²) in [4.78, 5) is 14.1. The van der Waals surface area contributed by atoms with E-state index in [2.05, 4.69) is 15.9 Å². The molecule has 1 aliphatic heterocycles. The summed E-state index contributed by atoms with van der Waals surface area (Å²) in [5, 5.41) is 0. The second-order valence-corrected chi connectivity index (χ2v) is 5.77. The van der Waals surface area contributed by atoms with E-state index in [0.29, 0.717) is 17.8 Å². The van der Waals surface area contributed by atoms with E-state index in [0.717, 1.165) is 23.9 Å². The molecule has 1 aromatic rings. The molecular weight excluding hydrogens is 308 g/mol. The summed E-state index contributed by atoms with van der Waals surface area (Å²) in [7, 11) is 1.80. The van der Waals surface area contributed by atoms with Crippen molar-refractivity contribution in [3.05, 3.63) is 28.2 Å². The molecule has 0 radical (unpaired) electrons. The third-order valence-electron chi connectivity index (χ3n) is 3.32. The number of anilines is 1. The SMILES string of the molecule is CN(CC1CCCCO1)C(=O)c1cc(N)ccc1Br. The Labute approximate surface area is 122 Å². The molecule has 19 heavy (non-hydrogen) atoms. The molecule has 1 unspecified atom stereocenters. The lowest BCUT2D eigenvalue weighted by Crippen LogP contribution is -2.37. The molecule has 2 rings (SSSR count). The first kappa shape index (κ1) is 14.3. The topological polar surface area (TPSA) is 55.6 Å². The fraction of sp³-hybridized carbons (Fsp3) is 0.500. The van der Waals surface area contributed by atoms with Crippen LogP contribution < -0.4 is 5.73 Å². The van der Waals surface area contributed by atoms with E-state index in [9.17, 15) is 4.79 Å². The number of likely N-dealkylation sites (N-methyl/N-ethyl adjacent to an activating group) is 1. The maximum absolute atomic E-state index is 12.4. The molecule has 0 aromatic heterocycles. The molecule has 1 fully saturated rings. The standard InChI is InChI=1S/C14H19BrN2O2/c1-17(9-11-4-2-3-7-19-11)14(18)12-8-10(16)5-6-13(12)15/h5-6,8,11H,2-4,7,9,16H2,1H3. The van der Waals surface area contributed by atoms with Gasteiger partial charge in [0.2, 0.25) is 0 Å². The Bertz CT molecular complexity index is 459. The Morgan fingerprint density at radius 2 is 2.32 bits per heavy atom. The minimum absolute atomic E-state index is 0.0339. The van der Waals surface area contributed by atoms with Gasteiger partial charge in [0.1, 0.15) is 0 Å². The van der Waals surface area contributed by atoms with E-state index in [1.807, 2.05) is 0 Å².